The van der Waals surface area contributed by atoms with Gasteiger partial charge in [0, 0.05) is 19.0 Å². The number of aryl methyl sites for hydroxylation is 1. The first-order chi connectivity index (χ1) is 9.31. The summed E-state index contributed by atoms with van der Waals surface area (Å²) in [5, 5.41) is 18.5. The fraction of sp³-hybridized carbons (Fsp3) is 0.385. The van der Waals surface area contributed by atoms with Crippen LogP contribution in [-0.4, -0.2) is 45.7 Å². The van der Waals surface area contributed by atoms with E-state index in [1.807, 2.05) is 0 Å². The Morgan fingerprint density at radius 2 is 1.95 bits per heavy atom. The Bertz CT molecular complexity index is 576. The maximum atomic E-state index is 13.7. The number of hydrogen-bond acceptors (Lipinski definition) is 3. The Morgan fingerprint density at radius 1 is 1.30 bits per heavy atom. The Kier molecular flexibility index (Phi) is 3.71. The van der Waals surface area contributed by atoms with Crippen molar-refractivity contribution >= 4 is 11.9 Å². The summed E-state index contributed by atoms with van der Waals surface area (Å²) >= 11 is 0. The number of β-amino-alcohol motifs (C(OH)–C–C–N with tert-alkyl or cyclic N) is 1. The van der Waals surface area contributed by atoms with Gasteiger partial charge in [-0.2, -0.15) is 0 Å². The van der Waals surface area contributed by atoms with Crippen LogP contribution in [0.25, 0.3) is 0 Å². The van der Waals surface area contributed by atoms with Crippen molar-refractivity contribution in [3.05, 3.63) is 34.9 Å². The van der Waals surface area contributed by atoms with Gasteiger partial charge in [-0.25, -0.2) is 13.6 Å². The van der Waals surface area contributed by atoms with Gasteiger partial charge in [0.25, 0.3) is 5.91 Å². The second-order valence-corrected chi connectivity index (χ2v) is 4.78. The molecular formula is C13H13F2NO4. The minimum absolute atomic E-state index is 0.0846. The zero-order valence-corrected chi connectivity index (χ0v) is 10.6. The lowest BCUT2D eigenvalue weighted by atomic mass is 10.1. The molecule has 20 heavy (non-hydrogen) atoms. The minimum atomic E-state index is -1.27. The molecule has 2 N–H and O–H groups in total. The third-order valence-corrected chi connectivity index (χ3v) is 3.30. The number of amides is 1. The second kappa shape index (κ2) is 5.16. The molecule has 0 spiro atoms. The number of carbonyl (C=O) groups is 2. The number of likely N-dealkylation sites (tertiary alicyclic amines) is 1. The Hall–Kier alpha value is -2.02. The number of carbonyl (C=O) groups excluding carboxylic acids is 1. The van der Waals surface area contributed by atoms with E-state index in [1.165, 1.54) is 6.92 Å². The van der Waals surface area contributed by atoms with Gasteiger partial charge in [0.2, 0.25) is 0 Å². The van der Waals surface area contributed by atoms with Crippen molar-refractivity contribution in [2.45, 2.75) is 25.5 Å². The second-order valence-electron chi connectivity index (χ2n) is 4.78. The molecule has 1 heterocycles. The van der Waals surface area contributed by atoms with Crippen LogP contribution in [0.4, 0.5) is 8.78 Å². The Labute approximate surface area is 113 Å². The number of rotatable bonds is 2. The predicted molar refractivity (Wildman–Crippen MR) is 64.2 cm³/mol. The molecular weight excluding hydrogens is 272 g/mol. The average molecular weight is 285 g/mol. The van der Waals surface area contributed by atoms with Crippen molar-refractivity contribution in [2.75, 3.05) is 6.54 Å². The first-order valence-electron chi connectivity index (χ1n) is 5.98. The summed E-state index contributed by atoms with van der Waals surface area (Å²) in [6.07, 6.45) is -1.08. The standard InChI is InChI=1S/C13H13F2NO4/c1-6-2-8(10(15)4-9(6)14)12(18)16-5-7(17)3-11(16)13(19)20/h2,4,7,11,17H,3,5H2,1H3,(H,19,20)/t7?,11-/m0/s1. The maximum absolute atomic E-state index is 13.7. The van der Waals surface area contributed by atoms with Gasteiger partial charge in [-0.05, 0) is 18.6 Å². The van der Waals surface area contributed by atoms with Crippen LogP contribution in [0, 0.1) is 18.6 Å². The summed E-state index contributed by atoms with van der Waals surface area (Å²) in [6, 6.07) is 0.420. The lowest BCUT2D eigenvalue weighted by molar-refractivity contribution is -0.141. The molecule has 1 aromatic rings. The molecule has 1 saturated heterocycles. The van der Waals surface area contributed by atoms with Crippen LogP contribution in [0.15, 0.2) is 12.1 Å². The molecule has 0 aliphatic carbocycles. The van der Waals surface area contributed by atoms with Gasteiger partial charge in [0.1, 0.15) is 17.7 Å². The molecule has 0 saturated carbocycles. The maximum Gasteiger partial charge on any atom is 0.326 e. The summed E-state index contributed by atoms with van der Waals surface area (Å²) in [5.74, 6) is -3.97. The summed E-state index contributed by atoms with van der Waals surface area (Å²) in [5.41, 5.74) is -0.314. The molecule has 0 aromatic heterocycles. The van der Waals surface area contributed by atoms with Crippen molar-refractivity contribution in [2.24, 2.45) is 0 Å². The fourth-order valence-corrected chi connectivity index (χ4v) is 2.25. The van der Waals surface area contributed by atoms with Crippen LogP contribution in [0.1, 0.15) is 22.3 Å². The molecule has 1 aromatic carbocycles. The Balaban J connectivity index is 2.36. The third kappa shape index (κ3) is 2.49. The number of benzene rings is 1. The van der Waals surface area contributed by atoms with Crippen molar-refractivity contribution in [1.29, 1.82) is 0 Å². The molecule has 5 nitrogen and oxygen atoms in total. The van der Waals surface area contributed by atoms with E-state index in [0.29, 0.717) is 6.07 Å². The van der Waals surface area contributed by atoms with E-state index in [2.05, 4.69) is 0 Å². The molecule has 1 amide bonds. The largest absolute Gasteiger partial charge is 0.480 e. The molecule has 2 atom stereocenters. The van der Waals surface area contributed by atoms with Crippen LogP contribution < -0.4 is 0 Å². The van der Waals surface area contributed by atoms with E-state index in [4.69, 9.17) is 5.11 Å². The van der Waals surface area contributed by atoms with Gasteiger partial charge >= 0.3 is 5.97 Å². The highest BCUT2D eigenvalue weighted by Crippen LogP contribution is 2.23. The highest BCUT2D eigenvalue weighted by atomic mass is 19.1. The van der Waals surface area contributed by atoms with Crippen LogP contribution in [0.3, 0.4) is 0 Å². The van der Waals surface area contributed by atoms with E-state index in [1.54, 1.807) is 0 Å². The fourth-order valence-electron chi connectivity index (χ4n) is 2.25. The molecule has 2 rings (SSSR count). The topological polar surface area (TPSA) is 77.8 Å². The molecule has 1 unspecified atom stereocenters. The number of hydrogen-bond donors (Lipinski definition) is 2. The molecule has 1 aliphatic rings. The summed E-state index contributed by atoms with van der Waals surface area (Å²) in [6.45, 7) is 1.19. The van der Waals surface area contributed by atoms with Crippen LogP contribution in [0.5, 0.6) is 0 Å². The molecule has 0 bridgehead atoms. The Morgan fingerprint density at radius 3 is 2.55 bits per heavy atom. The van der Waals surface area contributed by atoms with E-state index < -0.39 is 41.2 Å². The highest BCUT2D eigenvalue weighted by Gasteiger charge is 2.40. The zero-order chi connectivity index (χ0) is 15.0. The van der Waals surface area contributed by atoms with E-state index in [0.717, 1.165) is 11.0 Å². The lowest BCUT2D eigenvalue weighted by Gasteiger charge is -2.21. The smallest absolute Gasteiger partial charge is 0.326 e. The number of carboxylic acids is 1. The number of aliphatic hydroxyl groups excluding tert-OH is 1. The van der Waals surface area contributed by atoms with Gasteiger partial charge in [0.05, 0.1) is 11.7 Å². The predicted octanol–water partition coefficient (Wildman–Crippen LogP) is 0.933. The quantitative estimate of drug-likeness (QED) is 0.847. The first-order valence-corrected chi connectivity index (χ1v) is 5.98. The van der Waals surface area contributed by atoms with E-state index in [-0.39, 0.29) is 18.5 Å². The average Bonchev–Trinajstić information content (AvgIpc) is 2.75. The van der Waals surface area contributed by atoms with Crippen molar-refractivity contribution in [3.8, 4) is 0 Å². The summed E-state index contributed by atoms with van der Waals surface area (Å²) in [4.78, 5) is 24.1. The lowest BCUT2D eigenvalue weighted by Crippen LogP contribution is -2.41. The van der Waals surface area contributed by atoms with E-state index in [9.17, 15) is 23.5 Å². The van der Waals surface area contributed by atoms with Crippen molar-refractivity contribution < 1.29 is 28.6 Å². The van der Waals surface area contributed by atoms with Gasteiger partial charge in [-0.3, -0.25) is 4.79 Å². The SMILES string of the molecule is Cc1cc(C(=O)N2CC(O)C[C@H]2C(=O)O)c(F)cc1F. The van der Waals surface area contributed by atoms with Crippen molar-refractivity contribution in [1.82, 2.24) is 4.90 Å². The number of aliphatic carboxylic acids is 1. The molecule has 1 fully saturated rings. The zero-order valence-electron chi connectivity index (χ0n) is 10.6. The molecule has 108 valence electrons. The summed E-state index contributed by atoms with van der Waals surface area (Å²) in [7, 11) is 0. The van der Waals surface area contributed by atoms with Crippen LogP contribution in [0.2, 0.25) is 0 Å². The minimum Gasteiger partial charge on any atom is -0.480 e. The number of carboxylic acid groups (broad SMARTS) is 1. The van der Waals surface area contributed by atoms with Crippen LogP contribution in [-0.2, 0) is 4.79 Å². The summed E-state index contributed by atoms with van der Waals surface area (Å²) < 4.78 is 26.8. The molecule has 1 aliphatic heterocycles. The van der Waals surface area contributed by atoms with E-state index >= 15 is 0 Å². The molecule has 0 radical (unpaired) electrons. The normalized spacial score (nSPS) is 22.1. The number of nitrogens with zero attached hydrogens (tertiary/aromatic N) is 1. The number of aliphatic hydroxyl groups is 1. The van der Waals surface area contributed by atoms with Gasteiger partial charge in [-0.15, -0.1) is 0 Å². The van der Waals surface area contributed by atoms with Gasteiger partial charge < -0.3 is 15.1 Å². The van der Waals surface area contributed by atoms with Crippen molar-refractivity contribution in [3.63, 3.8) is 0 Å². The first kappa shape index (κ1) is 14.4. The monoisotopic (exact) mass is 285 g/mol. The van der Waals surface area contributed by atoms with Gasteiger partial charge in [0.15, 0.2) is 0 Å². The number of halogens is 2. The van der Waals surface area contributed by atoms with Gasteiger partial charge in [-0.1, -0.05) is 0 Å². The highest BCUT2D eigenvalue weighted by molar-refractivity contribution is 5.97. The van der Waals surface area contributed by atoms with Crippen LogP contribution >= 0.6 is 0 Å². The third-order valence-electron chi connectivity index (χ3n) is 3.30. The molecule has 7 heteroatoms.